The van der Waals surface area contributed by atoms with Crippen LogP contribution in [0.5, 0.6) is 5.75 Å². The third-order valence-corrected chi connectivity index (χ3v) is 6.45. The molecule has 1 fully saturated rings. The Bertz CT molecular complexity index is 923. The van der Waals surface area contributed by atoms with Crippen LogP contribution in [0.25, 0.3) is 0 Å². The molecule has 11 nitrogen and oxygen atoms in total. The fourth-order valence-corrected chi connectivity index (χ4v) is 4.48. The largest absolute Gasteiger partial charge is 0.508 e. The molecular weight excluding hydrogens is 478 g/mol. The average Bonchev–Trinajstić information content (AvgIpc) is 3.33. The number of nitrogens with two attached hydrogens (primary N) is 2. The van der Waals surface area contributed by atoms with E-state index in [1.807, 2.05) is 13.8 Å². The number of carboxylic acids is 1. The van der Waals surface area contributed by atoms with Crippen LogP contribution < -0.4 is 22.1 Å². The first kappa shape index (κ1) is 30.0. The van der Waals surface area contributed by atoms with E-state index in [0.29, 0.717) is 50.8 Å². The SMILES string of the molecule is CC(C)CC(N)C(=O)NC(Cc1ccc(O)cc1)C(=O)N1CCCC1C(=O)NC(CCCCN)C(=O)O. The molecule has 0 spiro atoms. The van der Waals surface area contributed by atoms with Crippen molar-refractivity contribution in [3.63, 3.8) is 0 Å². The van der Waals surface area contributed by atoms with Crippen molar-refractivity contribution < 1.29 is 29.4 Å². The van der Waals surface area contributed by atoms with Gasteiger partial charge in [0.2, 0.25) is 17.7 Å². The van der Waals surface area contributed by atoms with Crippen LogP contribution in [0, 0.1) is 5.92 Å². The Kier molecular flexibility index (Phi) is 11.8. The monoisotopic (exact) mass is 519 g/mol. The van der Waals surface area contributed by atoms with E-state index in [1.54, 1.807) is 12.1 Å². The zero-order valence-corrected chi connectivity index (χ0v) is 21.7. The van der Waals surface area contributed by atoms with Crippen LogP contribution in [-0.4, -0.2) is 76.1 Å². The number of amides is 3. The molecule has 0 saturated carbocycles. The zero-order chi connectivity index (χ0) is 27.5. The van der Waals surface area contributed by atoms with Crippen molar-refractivity contribution in [1.82, 2.24) is 15.5 Å². The average molecular weight is 520 g/mol. The molecule has 1 aromatic rings. The molecule has 37 heavy (non-hydrogen) atoms. The molecule has 1 heterocycles. The molecule has 0 aromatic heterocycles. The zero-order valence-electron chi connectivity index (χ0n) is 21.7. The fraction of sp³-hybridized carbons (Fsp3) is 0.615. The van der Waals surface area contributed by atoms with Gasteiger partial charge in [-0.3, -0.25) is 14.4 Å². The minimum absolute atomic E-state index is 0.0744. The Morgan fingerprint density at radius 1 is 1.08 bits per heavy atom. The molecule has 8 N–H and O–H groups in total. The molecule has 0 bridgehead atoms. The van der Waals surface area contributed by atoms with Gasteiger partial charge in [-0.25, -0.2) is 4.79 Å². The number of aliphatic carboxylic acids is 1. The number of likely N-dealkylation sites (tertiary alicyclic amines) is 1. The summed E-state index contributed by atoms with van der Waals surface area (Å²) in [5.74, 6) is -2.31. The van der Waals surface area contributed by atoms with Crippen molar-refractivity contribution in [3.8, 4) is 5.75 Å². The number of nitrogens with zero attached hydrogens (tertiary/aromatic N) is 1. The minimum atomic E-state index is -1.14. The second kappa shape index (κ2) is 14.5. The third-order valence-electron chi connectivity index (χ3n) is 6.45. The first-order valence-corrected chi connectivity index (χ1v) is 12.9. The molecule has 2 rings (SSSR count). The molecule has 1 aliphatic rings. The first-order valence-electron chi connectivity index (χ1n) is 12.9. The van der Waals surface area contributed by atoms with E-state index in [-0.39, 0.29) is 24.5 Å². The van der Waals surface area contributed by atoms with Gasteiger partial charge in [-0.2, -0.15) is 0 Å². The first-order chi connectivity index (χ1) is 17.5. The van der Waals surface area contributed by atoms with Crippen molar-refractivity contribution in [2.24, 2.45) is 17.4 Å². The molecule has 1 aliphatic heterocycles. The molecular formula is C26H41N5O6. The normalized spacial score (nSPS) is 17.8. The molecule has 0 radical (unpaired) electrons. The number of unbranched alkanes of at least 4 members (excludes halogenated alkanes) is 1. The Hall–Kier alpha value is -3.18. The summed E-state index contributed by atoms with van der Waals surface area (Å²) in [6.45, 7) is 4.63. The van der Waals surface area contributed by atoms with Crippen molar-refractivity contribution in [2.45, 2.75) is 83.0 Å². The summed E-state index contributed by atoms with van der Waals surface area (Å²) < 4.78 is 0. The van der Waals surface area contributed by atoms with E-state index in [0.717, 1.165) is 0 Å². The van der Waals surface area contributed by atoms with E-state index >= 15 is 0 Å². The standard InChI is InChI=1S/C26H41N5O6/c1-16(2)14-19(28)23(33)30-21(15-17-8-10-18(32)11-9-17)25(35)31-13-5-7-22(31)24(34)29-20(26(36)37)6-3-4-12-27/h8-11,16,19-22,32H,3-7,12-15,27-28H2,1-2H3,(H,29,34)(H,30,33)(H,36,37). The Labute approximate surface area is 217 Å². The van der Waals surface area contributed by atoms with Crippen LogP contribution in [0.3, 0.4) is 0 Å². The number of rotatable bonds is 14. The summed E-state index contributed by atoms with van der Waals surface area (Å²) in [5.41, 5.74) is 12.2. The number of aromatic hydroxyl groups is 1. The highest BCUT2D eigenvalue weighted by Gasteiger charge is 2.39. The topological polar surface area (TPSA) is 188 Å². The predicted molar refractivity (Wildman–Crippen MR) is 138 cm³/mol. The second-order valence-corrected chi connectivity index (χ2v) is 10.0. The molecule has 3 amide bonds. The van der Waals surface area contributed by atoms with Gasteiger partial charge in [0.15, 0.2) is 0 Å². The maximum Gasteiger partial charge on any atom is 0.326 e. The third kappa shape index (κ3) is 9.32. The maximum absolute atomic E-state index is 13.7. The predicted octanol–water partition coefficient (Wildman–Crippen LogP) is 0.482. The van der Waals surface area contributed by atoms with Gasteiger partial charge in [0.1, 0.15) is 23.9 Å². The maximum atomic E-state index is 13.7. The quantitative estimate of drug-likeness (QED) is 0.191. The van der Waals surface area contributed by atoms with Crippen molar-refractivity contribution >= 4 is 23.7 Å². The van der Waals surface area contributed by atoms with Gasteiger partial charge in [0, 0.05) is 13.0 Å². The number of nitrogens with one attached hydrogen (secondary N) is 2. The highest BCUT2D eigenvalue weighted by atomic mass is 16.4. The highest BCUT2D eigenvalue weighted by Crippen LogP contribution is 2.21. The Balaban J connectivity index is 2.19. The molecule has 1 saturated heterocycles. The molecule has 4 unspecified atom stereocenters. The van der Waals surface area contributed by atoms with Gasteiger partial charge >= 0.3 is 5.97 Å². The van der Waals surface area contributed by atoms with E-state index in [1.165, 1.54) is 17.0 Å². The molecule has 0 aliphatic carbocycles. The van der Waals surface area contributed by atoms with Gasteiger partial charge in [-0.1, -0.05) is 26.0 Å². The van der Waals surface area contributed by atoms with Crippen LogP contribution in [-0.2, 0) is 25.6 Å². The van der Waals surface area contributed by atoms with E-state index in [2.05, 4.69) is 10.6 Å². The van der Waals surface area contributed by atoms with Crippen molar-refractivity contribution in [3.05, 3.63) is 29.8 Å². The summed E-state index contributed by atoms with van der Waals surface area (Å²) in [7, 11) is 0. The second-order valence-electron chi connectivity index (χ2n) is 10.0. The number of carboxylic acid groups (broad SMARTS) is 1. The Morgan fingerprint density at radius 3 is 2.35 bits per heavy atom. The molecule has 11 heteroatoms. The van der Waals surface area contributed by atoms with Gasteiger partial charge in [-0.15, -0.1) is 0 Å². The molecule has 1 aromatic carbocycles. The van der Waals surface area contributed by atoms with E-state index < -0.39 is 47.9 Å². The van der Waals surface area contributed by atoms with Crippen LogP contribution in [0.1, 0.15) is 57.9 Å². The summed E-state index contributed by atoms with van der Waals surface area (Å²) in [6, 6.07) is 2.61. The molecule has 4 atom stereocenters. The number of hydrogen-bond donors (Lipinski definition) is 6. The van der Waals surface area contributed by atoms with Crippen LogP contribution in [0.15, 0.2) is 24.3 Å². The number of carbonyl (C=O) groups excluding carboxylic acids is 3. The van der Waals surface area contributed by atoms with Gasteiger partial charge in [0.05, 0.1) is 6.04 Å². The summed E-state index contributed by atoms with van der Waals surface area (Å²) in [6.07, 6.45) is 2.99. The molecule has 206 valence electrons. The number of phenolic OH excluding ortho intramolecular Hbond substituents is 1. The number of benzene rings is 1. The van der Waals surface area contributed by atoms with Crippen LogP contribution in [0.4, 0.5) is 0 Å². The van der Waals surface area contributed by atoms with E-state index in [9.17, 15) is 29.4 Å². The van der Waals surface area contributed by atoms with Gasteiger partial charge in [0.25, 0.3) is 0 Å². The van der Waals surface area contributed by atoms with Crippen molar-refractivity contribution in [1.29, 1.82) is 0 Å². The fourth-order valence-electron chi connectivity index (χ4n) is 4.48. The van der Waals surface area contributed by atoms with E-state index in [4.69, 9.17) is 11.5 Å². The number of phenols is 1. The summed E-state index contributed by atoms with van der Waals surface area (Å²) >= 11 is 0. The number of carbonyl (C=O) groups is 4. The number of hydrogen-bond acceptors (Lipinski definition) is 7. The lowest BCUT2D eigenvalue weighted by molar-refractivity contribution is -0.145. The summed E-state index contributed by atoms with van der Waals surface area (Å²) in [4.78, 5) is 52.6. The van der Waals surface area contributed by atoms with Crippen LogP contribution >= 0.6 is 0 Å². The van der Waals surface area contributed by atoms with Gasteiger partial charge in [-0.05, 0) is 68.7 Å². The summed E-state index contributed by atoms with van der Waals surface area (Å²) in [5, 5.41) is 24.4. The lowest BCUT2D eigenvalue weighted by atomic mass is 10.0. The highest BCUT2D eigenvalue weighted by molar-refractivity contribution is 5.94. The van der Waals surface area contributed by atoms with Crippen LogP contribution in [0.2, 0.25) is 0 Å². The lowest BCUT2D eigenvalue weighted by Crippen LogP contribution is -2.57. The minimum Gasteiger partial charge on any atom is -0.508 e. The smallest absolute Gasteiger partial charge is 0.326 e. The van der Waals surface area contributed by atoms with Crippen molar-refractivity contribution in [2.75, 3.05) is 13.1 Å². The Morgan fingerprint density at radius 2 is 1.76 bits per heavy atom. The lowest BCUT2D eigenvalue weighted by Gasteiger charge is -2.30. The van der Waals surface area contributed by atoms with Gasteiger partial charge < -0.3 is 37.2 Å².